The number of hydrogen-bond donors (Lipinski definition) is 0. The van der Waals surface area contributed by atoms with E-state index in [1.54, 1.807) is 24.2 Å². The van der Waals surface area contributed by atoms with Gasteiger partial charge < -0.3 is 14.1 Å². The lowest BCUT2D eigenvalue weighted by atomic mass is 10.3. The molecule has 0 aliphatic carbocycles. The molecule has 1 atom stereocenters. The van der Waals surface area contributed by atoms with E-state index in [0.717, 1.165) is 25.9 Å². The second-order valence-corrected chi connectivity index (χ2v) is 6.92. The Kier molecular flexibility index (Phi) is 5.97. The summed E-state index contributed by atoms with van der Waals surface area (Å²) < 4.78 is 12.5. The van der Waals surface area contributed by atoms with Crippen LogP contribution in [0.4, 0.5) is 0 Å². The zero-order chi connectivity index (χ0) is 18.5. The number of thioether (sulfide) groups is 1. The smallest absolute Gasteiger partial charge is 0.317 e. The van der Waals surface area contributed by atoms with Crippen molar-refractivity contribution in [1.29, 1.82) is 0 Å². The summed E-state index contributed by atoms with van der Waals surface area (Å²) in [5, 5.41) is 8.87. The molecule has 3 heterocycles. The molecule has 1 aliphatic heterocycles. The average molecular weight is 378 g/mol. The highest BCUT2D eigenvalue weighted by atomic mass is 32.2. The fraction of sp³-hybridized carbons (Fsp3) is 0.529. The maximum Gasteiger partial charge on any atom is 0.317 e. The molecular formula is C17H22N4O4S. The standard InChI is InChI=1S/C17H22N4O4S/c1-3-21-15(13-7-6-10-24-13)18-19-17(21)26-11-14(22)25-12(2)16(23)20-8-4-5-9-20/h6-7,10,12H,3-5,8-9,11H2,1-2H3/t12-/m0/s1. The van der Waals surface area contributed by atoms with Gasteiger partial charge in [0.2, 0.25) is 0 Å². The Morgan fingerprint density at radius 3 is 2.77 bits per heavy atom. The van der Waals surface area contributed by atoms with E-state index in [0.29, 0.717) is 23.3 Å². The van der Waals surface area contributed by atoms with Crippen molar-refractivity contribution in [3.05, 3.63) is 18.4 Å². The SMILES string of the molecule is CCn1c(SCC(=O)O[C@@H](C)C(=O)N2CCCC2)nnc1-c1ccco1. The van der Waals surface area contributed by atoms with Crippen molar-refractivity contribution in [1.82, 2.24) is 19.7 Å². The summed E-state index contributed by atoms with van der Waals surface area (Å²) >= 11 is 1.23. The molecule has 1 fully saturated rings. The van der Waals surface area contributed by atoms with Gasteiger partial charge in [0.05, 0.1) is 12.0 Å². The van der Waals surface area contributed by atoms with Crippen LogP contribution in [0.1, 0.15) is 26.7 Å². The Hall–Kier alpha value is -2.29. The highest BCUT2D eigenvalue weighted by Crippen LogP contribution is 2.24. The van der Waals surface area contributed by atoms with Gasteiger partial charge in [0.15, 0.2) is 22.8 Å². The first-order chi connectivity index (χ1) is 12.6. The van der Waals surface area contributed by atoms with Crippen LogP contribution < -0.4 is 0 Å². The summed E-state index contributed by atoms with van der Waals surface area (Å²) in [7, 11) is 0. The maximum absolute atomic E-state index is 12.2. The predicted octanol–water partition coefficient (Wildman–Crippen LogP) is 2.20. The fourth-order valence-electron chi connectivity index (χ4n) is 2.87. The summed E-state index contributed by atoms with van der Waals surface area (Å²) in [6, 6.07) is 3.59. The minimum atomic E-state index is -0.760. The molecule has 0 unspecified atom stereocenters. The topological polar surface area (TPSA) is 90.5 Å². The number of amides is 1. The van der Waals surface area contributed by atoms with Crippen molar-refractivity contribution in [2.75, 3.05) is 18.8 Å². The molecule has 9 heteroatoms. The summed E-state index contributed by atoms with van der Waals surface area (Å²) in [6.45, 7) is 5.71. The summed E-state index contributed by atoms with van der Waals surface area (Å²) in [5.74, 6) is 0.732. The second-order valence-electron chi connectivity index (χ2n) is 5.98. The van der Waals surface area contributed by atoms with E-state index < -0.39 is 12.1 Å². The van der Waals surface area contributed by atoms with Crippen molar-refractivity contribution < 1.29 is 18.7 Å². The zero-order valence-electron chi connectivity index (χ0n) is 14.9. The molecule has 1 amide bonds. The number of ether oxygens (including phenoxy) is 1. The molecular weight excluding hydrogens is 356 g/mol. The molecule has 1 saturated heterocycles. The van der Waals surface area contributed by atoms with Crippen molar-refractivity contribution in [3.63, 3.8) is 0 Å². The first kappa shape index (κ1) is 18.5. The Labute approximate surface area is 155 Å². The van der Waals surface area contributed by atoms with E-state index in [9.17, 15) is 9.59 Å². The van der Waals surface area contributed by atoms with Crippen molar-refractivity contribution in [2.24, 2.45) is 0 Å². The highest BCUT2D eigenvalue weighted by molar-refractivity contribution is 7.99. The largest absolute Gasteiger partial charge is 0.461 e. The molecule has 0 spiro atoms. The van der Waals surface area contributed by atoms with Crippen molar-refractivity contribution in [3.8, 4) is 11.6 Å². The number of esters is 1. The van der Waals surface area contributed by atoms with Crippen LogP contribution in [0.25, 0.3) is 11.6 Å². The van der Waals surface area contributed by atoms with Crippen LogP contribution in [0.2, 0.25) is 0 Å². The van der Waals surface area contributed by atoms with Gasteiger partial charge in [-0.05, 0) is 38.8 Å². The van der Waals surface area contributed by atoms with Gasteiger partial charge in [0.1, 0.15) is 0 Å². The van der Waals surface area contributed by atoms with E-state index in [2.05, 4.69) is 10.2 Å². The maximum atomic E-state index is 12.2. The highest BCUT2D eigenvalue weighted by Gasteiger charge is 2.26. The molecule has 2 aromatic heterocycles. The van der Waals surface area contributed by atoms with Gasteiger partial charge in [0.25, 0.3) is 5.91 Å². The lowest BCUT2D eigenvalue weighted by molar-refractivity contribution is -0.156. The lowest BCUT2D eigenvalue weighted by Crippen LogP contribution is -2.38. The third-order valence-electron chi connectivity index (χ3n) is 4.17. The summed E-state index contributed by atoms with van der Waals surface area (Å²) in [5.41, 5.74) is 0. The van der Waals surface area contributed by atoms with Gasteiger partial charge in [-0.2, -0.15) is 0 Å². The Morgan fingerprint density at radius 1 is 1.35 bits per heavy atom. The van der Waals surface area contributed by atoms with Gasteiger partial charge in [0, 0.05) is 19.6 Å². The Balaban J connectivity index is 1.55. The number of carbonyl (C=O) groups excluding carboxylic acids is 2. The molecule has 0 N–H and O–H groups in total. The summed E-state index contributed by atoms with van der Waals surface area (Å²) in [6.07, 6.45) is 2.83. The molecule has 0 saturated carbocycles. The Morgan fingerprint density at radius 2 is 2.12 bits per heavy atom. The third kappa shape index (κ3) is 4.09. The molecule has 1 aliphatic rings. The minimum Gasteiger partial charge on any atom is -0.461 e. The first-order valence-electron chi connectivity index (χ1n) is 8.68. The molecule has 0 bridgehead atoms. The molecule has 2 aromatic rings. The number of nitrogens with zero attached hydrogens (tertiary/aromatic N) is 4. The normalized spacial score (nSPS) is 15.2. The number of carbonyl (C=O) groups is 2. The van der Waals surface area contributed by atoms with Crippen molar-refractivity contribution in [2.45, 2.75) is 44.5 Å². The number of furan rings is 1. The zero-order valence-corrected chi connectivity index (χ0v) is 15.7. The number of rotatable bonds is 7. The van der Waals surface area contributed by atoms with Crippen LogP contribution in [0.3, 0.4) is 0 Å². The van der Waals surface area contributed by atoms with Gasteiger partial charge in [-0.1, -0.05) is 11.8 Å². The van der Waals surface area contributed by atoms with E-state index in [1.807, 2.05) is 17.6 Å². The Bertz CT molecular complexity index is 753. The number of hydrogen-bond acceptors (Lipinski definition) is 7. The van der Waals surface area contributed by atoms with Gasteiger partial charge in [-0.15, -0.1) is 10.2 Å². The van der Waals surface area contributed by atoms with Crippen LogP contribution >= 0.6 is 11.8 Å². The molecule has 0 radical (unpaired) electrons. The number of aromatic nitrogens is 3. The molecule has 26 heavy (non-hydrogen) atoms. The van der Waals surface area contributed by atoms with Crippen LogP contribution in [-0.2, 0) is 20.9 Å². The van der Waals surface area contributed by atoms with E-state index in [1.165, 1.54) is 11.8 Å². The van der Waals surface area contributed by atoms with Crippen LogP contribution in [0.5, 0.6) is 0 Å². The monoisotopic (exact) mass is 378 g/mol. The lowest BCUT2D eigenvalue weighted by Gasteiger charge is -2.20. The van der Waals surface area contributed by atoms with Crippen LogP contribution in [0, 0.1) is 0 Å². The quantitative estimate of drug-likeness (QED) is 0.539. The first-order valence-corrected chi connectivity index (χ1v) is 9.67. The summed E-state index contributed by atoms with van der Waals surface area (Å²) in [4.78, 5) is 26.0. The predicted molar refractivity (Wildman–Crippen MR) is 95.5 cm³/mol. The van der Waals surface area contributed by atoms with E-state index in [-0.39, 0.29) is 11.7 Å². The fourth-order valence-corrected chi connectivity index (χ4v) is 3.65. The van der Waals surface area contributed by atoms with Crippen molar-refractivity contribution >= 4 is 23.6 Å². The number of likely N-dealkylation sites (tertiary alicyclic amines) is 1. The van der Waals surface area contributed by atoms with Gasteiger partial charge >= 0.3 is 5.97 Å². The van der Waals surface area contributed by atoms with Gasteiger partial charge in [-0.3, -0.25) is 14.2 Å². The van der Waals surface area contributed by atoms with Crippen LogP contribution in [0.15, 0.2) is 28.0 Å². The third-order valence-corrected chi connectivity index (χ3v) is 5.11. The second kappa shape index (κ2) is 8.39. The molecule has 8 nitrogen and oxygen atoms in total. The molecule has 140 valence electrons. The van der Waals surface area contributed by atoms with E-state index >= 15 is 0 Å². The van der Waals surface area contributed by atoms with Gasteiger partial charge in [-0.25, -0.2) is 0 Å². The molecule has 3 rings (SSSR count). The molecule has 0 aromatic carbocycles. The minimum absolute atomic E-state index is 0.0634. The average Bonchev–Trinajstić information content (AvgIpc) is 3.39. The van der Waals surface area contributed by atoms with Crippen LogP contribution in [-0.4, -0.2) is 56.5 Å². The van der Waals surface area contributed by atoms with E-state index in [4.69, 9.17) is 9.15 Å².